The first-order valence-electron chi connectivity index (χ1n) is 10.9. The fourth-order valence-electron chi connectivity index (χ4n) is 3.95. The maximum atomic E-state index is 12.7. The minimum atomic E-state index is -4.34. The Balaban J connectivity index is 1.51. The standard InChI is InChI=1S/C25H30F3N3S/c1-3-15-30(2)16-6-4-5-7-19-8-13-23-20(18-19)14-17-31(23)24(32)29-22-11-9-21(10-12-22)25(26,27)28/h3,8-13,18H,1,4-7,14-17H2,2H3,(H,29,32). The first-order chi connectivity index (χ1) is 15.3. The summed E-state index contributed by atoms with van der Waals surface area (Å²) in [6.45, 7) is 6.55. The lowest BCUT2D eigenvalue weighted by molar-refractivity contribution is -0.137. The Morgan fingerprint density at radius 2 is 1.91 bits per heavy atom. The van der Waals surface area contributed by atoms with Gasteiger partial charge in [-0.25, -0.2) is 0 Å². The van der Waals surface area contributed by atoms with Gasteiger partial charge in [0.1, 0.15) is 0 Å². The molecule has 1 aliphatic heterocycles. The summed E-state index contributed by atoms with van der Waals surface area (Å²) in [4.78, 5) is 4.29. The number of fused-ring (bicyclic) bond motifs is 1. The summed E-state index contributed by atoms with van der Waals surface area (Å²) in [5, 5.41) is 3.56. The first-order valence-corrected chi connectivity index (χ1v) is 11.4. The molecule has 2 aromatic rings. The van der Waals surface area contributed by atoms with Crippen molar-refractivity contribution in [2.24, 2.45) is 0 Å². The van der Waals surface area contributed by atoms with Crippen LogP contribution in [0.5, 0.6) is 0 Å². The third kappa shape index (κ3) is 6.56. The molecule has 7 heteroatoms. The van der Waals surface area contributed by atoms with Crippen LogP contribution in [0.4, 0.5) is 24.5 Å². The van der Waals surface area contributed by atoms with Crippen molar-refractivity contribution >= 4 is 28.7 Å². The van der Waals surface area contributed by atoms with Gasteiger partial charge in [0.25, 0.3) is 0 Å². The van der Waals surface area contributed by atoms with Gasteiger partial charge in [-0.1, -0.05) is 24.6 Å². The summed E-state index contributed by atoms with van der Waals surface area (Å²) in [5.74, 6) is 0. The zero-order chi connectivity index (χ0) is 23.1. The molecule has 0 bridgehead atoms. The number of thiocarbonyl (C=S) groups is 1. The van der Waals surface area contributed by atoms with Crippen molar-refractivity contribution < 1.29 is 13.2 Å². The highest BCUT2D eigenvalue weighted by molar-refractivity contribution is 7.80. The lowest BCUT2D eigenvalue weighted by Crippen LogP contribution is -2.33. The number of benzene rings is 2. The summed E-state index contributed by atoms with van der Waals surface area (Å²) < 4.78 is 38.2. The lowest BCUT2D eigenvalue weighted by atomic mass is 10.0. The van der Waals surface area contributed by atoms with E-state index in [2.05, 4.69) is 42.0 Å². The Morgan fingerprint density at radius 1 is 1.16 bits per heavy atom. The average Bonchev–Trinajstić information content (AvgIpc) is 3.17. The second kappa shape index (κ2) is 11.0. The molecule has 172 valence electrons. The molecular formula is C25H30F3N3S. The van der Waals surface area contributed by atoms with E-state index in [-0.39, 0.29) is 0 Å². The van der Waals surface area contributed by atoms with Crippen LogP contribution in [0.25, 0.3) is 0 Å². The highest BCUT2D eigenvalue weighted by atomic mass is 32.1. The monoisotopic (exact) mass is 461 g/mol. The Hall–Kier alpha value is -2.38. The molecule has 3 rings (SSSR count). The number of hydrogen-bond donors (Lipinski definition) is 1. The summed E-state index contributed by atoms with van der Waals surface area (Å²) in [6.07, 6.45) is 3.11. The number of unbranched alkanes of at least 4 members (excludes halogenated alkanes) is 2. The molecule has 1 heterocycles. The van der Waals surface area contributed by atoms with Gasteiger partial charge in [-0.2, -0.15) is 13.2 Å². The second-order valence-electron chi connectivity index (χ2n) is 8.23. The third-order valence-corrected chi connectivity index (χ3v) is 6.02. The topological polar surface area (TPSA) is 18.5 Å². The van der Waals surface area contributed by atoms with Crippen molar-refractivity contribution in [3.63, 3.8) is 0 Å². The highest BCUT2D eigenvalue weighted by Crippen LogP contribution is 2.32. The van der Waals surface area contributed by atoms with Crippen molar-refractivity contribution in [3.8, 4) is 0 Å². The fourth-order valence-corrected chi connectivity index (χ4v) is 4.26. The number of halogens is 3. The van der Waals surface area contributed by atoms with Crippen LogP contribution >= 0.6 is 12.2 Å². The highest BCUT2D eigenvalue weighted by Gasteiger charge is 2.30. The van der Waals surface area contributed by atoms with E-state index >= 15 is 0 Å². The van der Waals surface area contributed by atoms with E-state index in [9.17, 15) is 13.2 Å². The summed E-state index contributed by atoms with van der Waals surface area (Å²) in [5.41, 5.74) is 3.56. The van der Waals surface area contributed by atoms with Crippen LogP contribution in [0.1, 0.15) is 36.0 Å². The Bertz CT molecular complexity index is 925. The van der Waals surface area contributed by atoms with E-state index in [0.29, 0.717) is 10.8 Å². The van der Waals surface area contributed by atoms with Gasteiger partial charge in [0.15, 0.2) is 5.11 Å². The molecule has 0 aromatic heterocycles. The predicted octanol–water partition coefficient (Wildman–Crippen LogP) is 6.30. The molecular weight excluding hydrogens is 431 g/mol. The van der Waals surface area contributed by atoms with Crippen LogP contribution in [0.2, 0.25) is 0 Å². The second-order valence-corrected chi connectivity index (χ2v) is 8.62. The van der Waals surface area contributed by atoms with Crippen molar-refractivity contribution in [3.05, 3.63) is 71.8 Å². The maximum Gasteiger partial charge on any atom is 0.416 e. The van der Waals surface area contributed by atoms with Crippen molar-refractivity contribution in [1.29, 1.82) is 0 Å². The number of aryl methyl sites for hydroxylation is 1. The van der Waals surface area contributed by atoms with Crippen LogP contribution < -0.4 is 10.2 Å². The van der Waals surface area contributed by atoms with E-state index in [4.69, 9.17) is 12.2 Å². The predicted molar refractivity (Wildman–Crippen MR) is 130 cm³/mol. The number of anilines is 2. The van der Waals surface area contributed by atoms with Crippen molar-refractivity contribution in [1.82, 2.24) is 4.90 Å². The van der Waals surface area contributed by atoms with Gasteiger partial charge >= 0.3 is 6.18 Å². The fraction of sp³-hybridized carbons (Fsp3) is 0.400. The Labute approximate surface area is 193 Å². The molecule has 0 amide bonds. The van der Waals surface area contributed by atoms with Crippen molar-refractivity contribution in [2.75, 3.05) is 36.9 Å². The molecule has 32 heavy (non-hydrogen) atoms. The number of hydrogen-bond acceptors (Lipinski definition) is 2. The molecule has 0 fully saturated rings. The van der Waals surface area contributed by atoms with Crippen LogP contribution in [0.3, 0.4) is 0 Å². The van der Waals surface area contributed by atoms with Crippen LogP contribution in [0.15, 0.2) is 55.1 Å². The number of nitrogens with zero attached hydrogens (tertiary/aromatic N) is 2. The maximum absolute atomic E-state index is 12.7. The normalized spacial score (nSPS) is 13.3. The zero-order valence-electron chi connectivity index (χ0n) is 18.4. The number of alkyl halides is 3. The summed E-state index contributed by atoms with van der Waals surface area (Å²) in [7, 11) is 2.12. The summed E-state index contributed by atoms with van der Waals surface area (Å²) in [6, 6.07) is 11.5. The number of nitrogens with one attached hydrogen (secondary N) is 1. The van der Waals surface area contributed by atoms with Gasteiger partial charge in [0, 0.05) is 24.5 Å². The molecule has 2 aromatic carbocycles. The van der Waals surface area contributed by atoms with Gasteiger partial charge in [0.2, 0.25) is 0 Å². The third-order valence-electron chi connectivity index (χ3n) is 5.69. The van der Waals surface area contributed by atoms with Gasteiger partial charge in [0.05, 0.1) is 5.56 Å². The minimum Gasteiger partial charge on any atom is -0.332 e. The lowest BCUT2D eigenvalue weighted by Gasteiger charge is -2.21. The van der Waals surface area contributed by atoms with Gasteiger partial charge < -0.3 is 15.1 Å². The molecule has 0 saturated heterocycles. The molecule has 0 unspecified atom stereocenters. The van der Waals surface area contributed by atoms with E-state index in [1.807, 2.05) is 11.0 Å². The molecule has 1 N–H and O–H groups in total. The first kappa shape index (κ1) is 24.3. The average molecular weight is 462 g/mol. The van der Waals surface area contributed by atoms with E-state index in [1.165, 1.54) is 36.1 Å². The van der Waals surface area contributed by atoms with Gasteiger partial charge in [-0.3, -0.25) is 0 Å². The quantitative estimate of drug-likeness (QED) is 0.268. The molecule has 3 nitrogen and oxygen atoms in total. The molecule has 1 aliphatic rings. The largest absolute Gasteiger partial charge is 0.416 e. The zero-order valence-corrected chi connectivity index (χ0v) is 19.2. The van der Waals surface area contributed by atoms with E-state index in [0.717, 1.165) is 56.7 Å². The molecule has 0 saturated carbocycles. The number of rotatable bonds is 9. The van der Waals surface area contributed by atoms with Crippen LogP contribution in [-0.2, 0) is 19.0 Å². The minimum absolute atomic E-state index is 0.500. The van der Waals surface area contributed by atoms with Crippen LogP contribution in [0, 0.1) is 0 Å². The molecule has 0 spiro atoms. The Morgan fingerprint density at radius 3 is 2.59 bits per heavy atom. The smallest absolute Gasteiger partial charge is 0.332 e. The van der Waals surface area contributed by atoms with Gasteiger partial charge in [-0.15, -0.1) is 6.58 Å². The van der Waals surface area contributed by atoms with E-state index < -0.39 is 11.7 Å². The van der Waals surface area contributed by atoms with Crippen LogP contribution in [-0.4, -0.2) is 36.7 Å². The Kier molecular flexibility index (Phi) is 8.32. The van der Waals surface area contributed by atoms with Crippen molar-refractivity contribution in [2.45, 2.75) is 38.3 Å². The van der Waals surface area contributed by atoms with E-state index in [1.54, 1.807) is 0 Å². The van der Waals surface area contributed by atoms with Gasteiger partial charge in [-0.05, 0) is 93.0 Å². The molecule has 0 aliphatic carbocycles. The molecule has 0 radical (unpaired) electrons. The molecule has 0 atom stereocenters. The SMILES string of the molecule is C=CCN(C)CCCCCc1ccc2c(c1)CCN2C(=S)Nc1ccc(C(F)(F)F)cc1. The number of likely N-dealkylation sites (N-methyl/N-ethyl adjacent to an activating group) is 1. The summed E-state index contributed by atoms with van der Waals surface area (Å²) >= 11 is 5.53.